The highest BCUT2D eigenvalue weighted by Gasteiger charge is 2.40. The second kappa shape index (κ2) is 6.88. The van der Waals surface area contributed by atoms with Crippen LogP contribution in [0, 0.1) is 11.8 Å². The molecule has 18 heavy (non-hydrogen) atoms. The van der Waals surface area contributed by atoms with Crippen LogP contribution in [0.1, 0.15) is 47.5 Å². The van der Waals surface area contributed by atoms with Gasteiger partial charge in [-0.25, -0.2) is 0 Å². The van der Waals surface area contributed by atoms with Crippen LogP contribution in [-0.2, 0) is 13.6 Å². The maximum atomic E-state index is 12.9. The molecule has 0 fully saturated rings. The van der Waals surface area contributed by atoms with Crippen molar-refractivity contribution < 1.29 is 13.6 Å². The van der Waals surface area contributed by atoms with Crippen molar-refractivity contribution in [1.29, 1.82) is 0 Å². The Kier molecular flexibility index (Phi) is 6.10. The average Bonchev–Trinajstić information content (AvgIpc) is 2.29. The standard InChI is InChI=1S/C14H27O3P/c1-6-16-18(15,17-7-2)14-10-13(11(3)4)9-8-12(14)5/h8,11,13-14H,6-7,9-10H2,1-5H3/t13-,14+/m1/s1. The van der Waals surface area contributed by atoms with E-state index < -0.39 is 7.60 Å². The second-order valence-corrected chi connectivity index (χ2v) is 7.53. The van der Waals surface area contributed by atoms with E-state index in [1.165, 1.54) is 0 Å². The minimum absolute atomic E-state index is 0.0569. The Morgan fingerprint density at radius 1 is 1.33 bits per heavy atom. The van der Waals surface area contributed by atoms with Gasteiger partial charge >= 0.3 is 7.60 Å². The van der Waals surface area contributed by atoms with Gasteiger partial charge in [0.15, 0.2) is 0 Å². The molecule has 1 rings (SSSR count). The monoisotopic (exact) mass is 274 g/mol. The molecule has 0 aromatic rings. The number of hydrogen-bond acceptors (Lipinski definition) is 3. The summed E-state index contributed by atoms with van der Waals surface area (Å²) >= 11 is 0. The fourth-order valence-electron chi connectivity index (χ4n) is 2.54. The van der Waals surface area contributed by atoms with Gasteiger partial charge in [0, 0.05) is 0 Å². The van der Waals surface area contributed by atoms with Gasteiger partial charge in [-0.3, -0.25) is 4.57 Å². The van der Waals surface area contributed by atoms with Gasteiger partial charge in [-0.1, -0.05) is 25.5 Å². The highest BCUT2D eigenvalue weighted by Crippen LogP contribution is 2.59. The predicted molar refractivity (Wildman–Crippen MR) is 76.0 cm³/mol. The number of hydrogen-bond donors (Lipinski definition) is 0. The second-order valence-electron chi connectivity index (χ2n) is 5.31. The van der Waals surface area contributed by atoms with Gasteiger partial charge in [0.2, 0.25) is 0 Å². The SMILES string of the molecule is CCOP(=O)(OCC)[C@H]1C[C@H](C(C)C)CC=C1C. The molecule has 0 aliphatic heterocycles. The molecule has 1 aliphatic rings. The molecule has 0 radical (unpaired) electrons. The average molecular weight is 274 g/mol. The molecule has 0 aromatic carbocycles. The van der Waals surface area contributed by atoms with Gasteiger partial charge < -0.3 is 9.05 Å². The first-order chi connectivity index (χ1) is 8.44. The third kappa shape index (κ3) is 3.69. The van der Waals surface area contributed by atoms with Crippen LogP contribution in [0.3, 0.4) is 0 Å². The van der Waals surface area contributed by atoms with Crippen molar-refractivity contribution >= 4 is 7.60 Å². The Hall–Kier alpha value is -0.110. The Bertz CT molecular complexity index is 326. The van der Waals surface area contributed by atoms with Crippen LogP contribution >= 0.6 is 7.60 Å². The largest absolute Gasteiger partial charge is 0.337 e. The maximum Gasteiger partial charge on any atom is 0.337 e. The summed E-state index contributed by atoms with van der Waals surface area (Å²) in [7, 11) is -3.00. The van der Waals surface area contributed by atoms with E-state index in [9.17, 15) is 4.57 Å². The summed E-state index contributed by atoms with van der Waals surface area (Å²) in [5.74, 6) is 1.18. The highest BCUT2D eigenvalue weighted by atomic mass is 31.2. The molecule has 0 amide bonds. The smallest absolute Gasteiger partial charge is 0.308 e. The van der Waals surface area contributed by atoms with Crippen LogP contribution in [0.15, 0.2) is 11.6 Å². The van der Waals surface area contributed by atoms with Crippen molar-refractivity contribution in [3.8, 4) is 0 Å². The summed E-state index contributed by atoms with van der Waals surface area (Å²) < 4.78 is 23.9. The fraction of sp³-hybridized carbons (Fsp3) is 0.857. The van der Waals surface area contributed by atoms with Gasteiger partial charge in [0.05, 0.1) is 18.9 Å². The lowest BCUT2D eigenvalue weighted by Gasteiger charge is -2.34. The van der Waals surface area contributed by atoms with Crippen LogP contribution in [0.4, 0.5) is 0 Å². The van der Waals surface area contributed by atoms with Crippen LogP contribution < -0.4 is 0 Å². The molecule has 106 valence electrons. The first kappa shape index (κ1) is 15.9. The molecule has 4 heteroatoms. The zero-order chi connectivity index (χ0) is 13.8. The summed E-state index contributed by atoms with van der Waals surface area (Å²) in [4.78, 5) is 0. The van der Waals surface area contributed by atoms with E-state index >= 15 is 0 Å². The summed E-state index contributed by atoms with van der Waals surface area (Å²) in [6.45, 7) is 11.1. The van der Waals surface area contributed by atoms with Crippen molar-refractivity contribution in [3.63, 3.8) is 0 Å². The van der Waals surface area contributed by atoms with Gasteiger partial charge in [0.1, 0.15) is 0 Å². The topological polar surface area (TPSA) is 35.5 Å². The minimum Gasteiger partial charge on any atom is -0.308 e. The van der Waals surface area contributed by atoms with Gasteiger partial charge in [0.25, 0.3) is 0 Å². The molecule has 1 aliphatic carbocycles. The van der Waals surface area contributed by atoms with Crippen molar-refractivity contribution in [2.45, 2.75) is 53.1 Å². The van der Waals surface area contributed by atoms with E-state index in [1.54, 1.807) is 0 Å². The van der Waals surface area contributed by atoms with Crippen molar-refractivity contribution in [1.82, 2.24) is 0 Å². The lowest BCUT2D eigenvalue weighted by molar-refractivity contribution is 0.206. The van der Waals surface area contributed by atoms with E-state index in [4.69, 9.17) is 9.05 Å². The lowest BCUT2D eigenvalue weighted by atomic mass is 9.82. The molecule has 0 heterocycles. The van der Waals surface area contributed by atoms with Crippen molar-refractivity contribution in [2.75, 3.05) is 13.2 Å². The van der Waals surface area contributed by atoms with Crippen LogP contribution in [0.2, 0.25) is 0 Å². The maximum absolute atomic E-state index is 12.9. The zero-order valence-electron chi connectivity index (χ0n) is 12.3. The van der Waals surface area contributed by atoms with E-state index in [-0.39, 0.29) is 5.66 Å². The van der Waals surface area contributed by atoms with E-state index in [2.05, 4.69) is 19.9 Å². The van der Waals surface area contributed by atoms with Gasteiger partial charge in [-0.05, 0) is 45.4 Å². The Balaban J connectivity index is 2.92. The Morgan fingerprint density at radius 2 is 1.89 bits per heavy atom. The molecular weight excluding hydrogens is 247 g/mol. The number of rotatable bonds is 6. The van der Waals surface area contributed by atoms with Gasteiger partial charge in [-0.15, -0.1) is 0 Å². The predicted octanol–water partition coefficient (Wildman–Crippen LogP) is 4.63. The quantitative estimate of drug-likeness (QED) is 0.523. The molecule has 0 spiro atoms. The van der Waals surface area contributed by atoms with Gasteiger partial charge in [-0.2, -0.15) is 0 Å². The first-order valence-corrected chi connectivity index (χ1v) is 8.61. The molecular formula is C14H27O3P. The molecule has 0 saturated heterocycles. The van der Waals surface area contributed by atoms with E-state index in [0.29, 0.717) is 25.0 Å². The van der Waals surface area contributed by atoms with Crippen LogP contribution in [0.25, 0.3) is 0 Å². The normalized spacial score (nSPS) is 25.3. The first-order valence-electron chi connectivity index (χ1n) is 7.00. The van der Waals surface area contributed by atoms with Crippen molar-refractivity contribution in [2.24, 2.45) is 11.8 Å². The molecule has 3 nitrogen and oxygen atoms in total. The van der Waals surface area contributed by atoms with E-state index in [1.807, 2.05) is 20.8 Å². The van der Waals surface area contributed by atoms with Crippen LogP contribution in [-0.4, -0.2) is 18.9 Å². The summed E-state index contributed by atoms with van der Waals surface area (Å²) in [5.41, 5.74) is 1.11. The highest BCUT2D eigenvalue weighted by molar-refractivity contribution is 7.55. The zero-order valence-corrected chi connectivity index (χ0v) is 13.2. The Labute approximate surface area is 111 Å². The Morgan fingerprint density at radius 3 is 2.33 bits per heavy atom. The van der Waals surface area contributed by atoms with Crippen LogP contribution in [0.5, 0.6) is 0 Å². The lowest BCUT2D eigenvalue weighted by Crippen LogP contribution is -2.25. The molecule has 0 N–H and O–H groups in total. The molecule has 0 bridgehead atoms. The summed E-state index contributed by atoms with van der Waals surface area (Å²) in [6, 6.07) is 0. The molecule has 0 aromatic heterocycles. The summed E-state index contributed by atoms with van der Waals surface area (Å²) in [6.07, 6.45) is 4.21. The van der Waals surface area contributed by atoms with Crippen molar-refractivity contribution in [3.05, 3.63) is 11.6 Å². The molecule has 2 atom stereocenters. The molecule has 0 unspecified atom stereocenters. The third-order valence-electron chi connectivity index (χ3n) is 3.74. The summed E-state index contributed by atoms with van der Waals surface area (Å²) in [5, 5.41) is 0. The van der Waals surface area contributed by atoms with E-state index in [0.717, 1.165) is 18.4 Å². The minimum atomic E-state index is -3.00. The molecule has 0 saturated carbocycles. The number of allylic oxidation sites excluding steroid dienone is 2. The fourth-order valence-corrected chi connectivity index (χ4v) is 4.83. The third-order valence-corrected chi connectivity index (χ3v) is 6.35.